The quantitative estimate of drug-likeness (QED) is 0.872. The minimum absolute atomic E-state index is 0.136. The van der Waals surface area contributed by atoms with Crippen molar-refractivity contribution in [2.45, 2.75) is 26.3 Å². The summed E-state index contributed by atoms with van der Waals surface area (Å²) in [6.07, 6.45) is 0.694. The lowest BCUT2D eigenvalue weighted by Gasteiger charge is -2.27. The number of carboxylic acids is 1. The maximum atomic E-state index is 12.1. The highest BCUT2D eigenvalue weighted by molar-refractivity contribution is 9.10. The van der Waals surface area contributed by atoms with E-state index in [-0.39, 0.29) is 12.6 Å². The van der Waals surface area contributed by atoms with Crippen molar-refractivity contribution in [1.82, 2.24) is 4.90 Å². The van der Waals surface area contributed by atoms with Gasteiger partial charge in [-0.05, 0) is 31.5 Å². The molecule has 0 aliphatic rings. The molecular formula is C13H17BrN2O3. The molecule has 1 aromatic carbocycles. The lowest BCUT2D eigenvalue weighted by Crippen LogP contribution is -2.44. The Morgan fingerprint density at radius 1 is 1.47 bits per heavy atom. The van der Waals surface area contributed by atoms with E-state index in [1.807, 2.05) is 19.9 Å². The SMILES string of the molecule is CCC(C)N(CC(=O)O)C(=O)Nc1cccc(Br)c1. The van der Waals surface area contributed by atoms with Gasteiger partial charge in [0.1, 0.15) is 6.54 Å². The largest absolute Gasteiger partial charge is 0.480 e. The molecule has 0 aromatic heterocycles. The van der Waals surface area contributed by atoms with Crippen LogP contribution >= 0.6 is 15.9 Å². The van der Waals surface area contributed by atoms with Crippen LogP contribution in [0.3, 0.4) is 0 Å². The second-order valence-electron chi connectivity index (χ2n) is 4.22. The van der Waals surface area contributed by atoms with Gasteiger partial charge >= 0.3 is 12.0 Å². The number of carboxylic acid groups (broad SMARTS) is 1. The summed E-state index contributed by atoms with van der Waals surface area (Å²) >= 11 is 3.31. The molecule has 0 saturated carbocycles. The number of benzene rings is 1. The molecule has 0 bridgehead atoms. The molecule has 0 aliphatic carbocycles. The number of urea groups is 1. The highest BCUT2D eigenvalue weighted by Gasteiger charge is 2.21. The Morgan fingerprint density at radius 2 is 2.16 bits per heavy atom. The van der Waals surface area contributed by atoms with E-state index in [0.29, 0.717) is 12.1 Å². The zero-order valence-electron chi connectivity index (χ0n) is 10.9. The second kappa shape index (κ2) is 7.13. The highest BCUT2D eigenvalue weighted by atomic mass is 79.9. The smallest absolute Gasteiger partial charge is 0.323 e. The molecule has 0 fully saturated rings. The zero-order valence-corrected chi connectivity index (χ0v) is 12.5. The molecule has 6 heteroatoms. The van der Waals surface area contributed by atoms with Crippen molar-refractivity contribution in [3.05, 3.63) is 28.7 Å². The third-order valence-corrected chi connectivity index (χ3v) is 3.26. The van der Waals surface area contributed by atoms with Crippen LogP contribution in [0, 0.1) is 0 Å². The molecule has 0 aliphatic heterocycles. The maximum Gasteiger partial charge on any atom is 0.323 e. The van der Waals surface area contributed by atoms with Gasteiger partial charge < -0.3 is 15.3 Å². The van der Waals surface area contributed by atoms with Crippen LogP contribution in [0.25, 0.3) is 0 Å². The van der Waals surface area contributed by atoms with Gasteiger partial charge in [0.2, 0.25) is 0 Å². The third-order valence-electron chi connectivity index (χ3n) is 2.77. The van der Waals surface area contributed by atoms with Gasteiger partial charge in [0.25, 0.3) is 0 Å². The number of anilines is 1. The van der Waals surface area contributed by atoms with Crippen molar-refractivity contribution in [3.63, 3.8) is 0 Å². The first kappa shape index (κ1) is 15.5. The third kappa shape index (κ3) is 4.90. The van der Waals surface area contributed by atoms with Crippen LogP contribution in [0.4, 0.5) is 10.5 Å². The molecule has 0 spiro atoms. The lowest BCUT2D eigenvalue weighted by atomic mass is 10.2. The van der Waals surface area contributed by atoms with E-state index in [1.165, 1.54) is 4.90 Å². The topological polar surface area (TPSA) is 69.6 Å². The number of nitrogens with zero attached hydrogens (tertiary/aromatic N) is 1. The summed E-state index contributed by atoms with van der Waals surface area (Å²) in [4.78, 5) is 24.2. The summed E-state index contributed by atoms with van der Waals surface area (Å²) in [6, 6.07) is 6.60. The van der Waals surface area contributed by atoms with Crippen molar-refractivity contribution < 1.29 is 14.7 Å². The molecule has 1 rings (SSSR count). The molecule has 2 N–H and O–H groups in total. The van der Waals surface area contributed by atoms with Gasteiger partial charge in [0.05, 0.1) is 0 Å². The first-order valence-corrected chi connectivity index (χ1v) is 6.78. The van der Waals surface area contributed by atoms with Crippen LogP contribution in [-0.4, -0.2) is 34.6 Å². The van der Waals surface area contributed by atoms with Gasteiger partial charge in [0.15, 0.2) is 0 Å². The molecule has 1 unspecified atom stereocenters. The van der Waals surface area contributed by atoms with Crippen LogP contribution in [0.15, 0.2) is 28.7 Å². The number of rotatable bonds is 5. The minimum Gasteiger partial charge on any atom is -0.480 e. The summed E-state index contributed by atoms with van der Waals surface area (Å²) < 4.78 is 0.846. The van der Waals surface area contributed by atoms with E-state index in [0.717, 1.165) is 4.47 Å². The predicted molar refractivity (Wildman–Crippen MR) is 77.3 cm³/mol. The molecule has 0 radical (unpaired) electrons. The van der Waals surface area contributed by atoms with Crippen LogP contribution in [-0.2, 0) is 4.79 Å². The standard InChI is InChI=1S/C13H17BrN2O3/c1-3-9(2)16(8-12(17)18)13(19)15-11-6-4-5-10(14)7-11/h4-7,9H,3,8H2,1-2H3,(H,15,19)(H,17,18). The van der Waals surface area contributed by atoms with Crippen molar-refractivity contribution in [2.75, 3.05) is 11.9 Å². The first-order chi connectivity index (χ1) is 8.93. The summed E-state index contributed by atoms with van der Waals surface area (Å²) in [7, 11) is 0. The zero-order chi connectivity index (χ0) is 14.4. The number of carbonyl (C=O) groups is 2. The van der Waals surface area contributed by atoms with Gasteiger partial charge in [-0.3, -0.25) is 4.79 Å². The minimum atomic E-state index is -1.02. The second-order valence-corrected chi connectivity index (χ2v) is 5.14. The van der Waals surface area contributed by atoms with Crippen LogP contribution in [0.2, 0.25) is 0 Å². The molecular weight excluding hydrogens is 312 g/mol. The Bertz CT molecular complexity index is 465. The molecule has 0 heterocycles. The maximum absolute atomic E-state index is 12.1. The lowest BCUT2D eigenvalue weighted by molar-refractivity contribution is -0.138. The number of hydrogen-bond acceptors (Lipinski definition) is 2. The van der Waals surface area contributed by atoms with E-state index >= 15 is 0 Å². The van der Waals surface area contributed by atoms with Gasteiger partial charge in [-0.15, -0.1) is 0 Å². The highest BCUT2D eigenvalue weighted by Crippen LogP contribution is 2.16. The fraction of sp³-hybridized carbons (Fsp3) is 0.385. The molecule has 2 amide bonds. The molecule has 104 valence electrons. The molecule has 19 heavy (non-hydrogen) atoms. The van der Waals surface area contributed by atoms with Crippen molar-refractivity contribution in [3.8, 4) is 0 Å². The van der Waals surface area contributed by atoms with Crippen LogP contribution < -0.4 is 5.32 Å². The van der Waals surface area contributed by atoms with Gasteiger partial charge in [-0.2, -0.15) is 0 Å². The van der Waals surface area contributed by atoms with Crippen LogP contribution in [0.1, 0.15) is 20.3 Å². The van der Waals surface area contributed by atoms with Crippen molar-refractivity contribution in [1.29, 1.82) is 0 Å². The summed E-state index contributed by atoms with van der Waals surface area (Å²) in [5, 5.41) is 11.6. The fourth-order valence-corrected chi connectivity index (χ4v) is 1.95. The van der Waals surface area contributed by atoms with E-state index in [4.69, 9.17) is 5.11 Å². The Labute approximate surface area is 120 Å². The van der Waals surface area contributed by atoms with E-state index < -0.39 is 12.0 Å². The number of halogens is 1. The molecule has 0 saturated heterocycles. The fourth-order valence-electron chi connectivity index (χ4n) is 1.56. The van der Waals surface area contributed by atoms with Gasteiger partial charge in [0, 0.05) is 16.2 Å². The molecule has 1 aromatic rings. The van der Waals surface area contributed by atoms with E-state index in [2.05, 4.69) is 21.2 Å². The monoisotopic (exact) mass is 328 g/mol. The molecule has 1 atom stereocenters. The average molecular weight is 329 g/mol. The Hall–Kier alpha value is -1.56. The van der Waals surface area contributed by atoms with Crippen molar-refractivity contribution >= 4 is 33.6 Å². The Morgan fingerprint density at radius 3 is 2.68 bits per heavy atom. The Kier molecular flexibility index (Phi) is 5.82. The number of carbonyl (C=O) groups excluding carboxylic acids is 1. The van der Waals surface area contributed by atoms with Gasteiger partial charge in [-0.1, -0.05) is 28.9 Å². The number of aliphatic carboxylic acids is 1. The summed E-state index contributed by atoms with van der Waals surface area (Å²) in [5.74, 6) is -1.02. The van der Waals surface area contributed by atoms with E-state index in [1.54, 1.807) is 18.2 Å². The van der Waals surface area contributed by atoms with Crippen molar-refractivity contribution in [2.24, 2.45) is 0 Å². The normalized spacial score (nSPS) is 11.7. The number of amides is 2. The average Bonchev–Trinajstić information content (AvgIpc) is 2.34. The summed E-state index contributed by atoms with van der Waals surface area (Å²) in [6.45, 7) is 3.42. The first-order valence-electron chi connectivity index (χ1n) is 5.99. The number of hydrogen-bond donors (Lipinski definition) is 2. The Balaban J connectivity index is 2.79. The van der Waals surface area contributed by atoms with Gasteiger partial charge in [-0.25, -0.2) is 4.79 Å². The summed E-state index contributed by atoms with van der Waals surface area (Å²) in [5.41, 5.74) is 0.623. The number of nitrogens with one attached hydrogen (secondary N) is 1. The van der Waals surface area contributed by atoms with Crippen LogP contribution in [0.5, 0.6) is 0 Å². The predicted octanol–water partition coefficient (Wildman–Crippen LogP) is 3.17. The molecule has 5 nitrogen and oxygen atoms in total. The van der Waals surface area contributed by atoms with E-state index in [9.17, 15) is 9.59 Å².